The van der Waals surface area contributed by atoms with Gasteiger partial charge < -0.3 is 9.47 Å². The van der Waals surface area contributed by atoms with E-state index in [1.165, 1.54) is 18.2 Å². The van der Waals surface area contributed by atoms with E-state index >= 15 is 0 Å². The number of para-hydroxylation sites is 1. The topological polar surface area (TPSA) is 31.4 Å². The lowest BCUT2D eigenvalue weighted by atomic mass is 9.94. The van der Waals surface area contributed by atoms with Crippen LogP contribution < -0.4 is 9.47 Å². The van der Waals surface area contributed by atoms with E-state index in [1.807, 2.05) is 25.1 Å². The molecule has 0 N–H and O–H groups in total. The third kappa shape index (κ3) is 6.11. The van der Waals surface area contributed by atoms with Crippen molar-refractivity contribution in [3.05, 3.63) is 90.1 Å². The Morgan fingerprint density at radius 3 is 2.30 bits per heavy atom. The zero-order valence-electron chi connectivity index (χ0n) is 16.5. The highest BCUT2D eigenvalue weighted by Crippen LogP contribution is 2.38. The molecule has 0 saturated carbocycles. The maximum atomic E-state index is 13.6. The molecule has 3 aromatic rings. The van der Waals surface area contributed by atoms with Gasteiger partial charge in [0.25, 0.3) is 0 Å². The fraction of sp³-hybridized carbons (Fsp3) is 0.208. The minimum Gasteiger partial charge on any atom is -0.494 e. The maximum Gasteiger partial charge on any atom is 0.396 e. The van der Waals surface area contributed by atoms with Gasteiger partial charge in [-0.15, -0.1) is 0 Å². The number of aromatic nitrogens is 1. The van der Waals surface area contributed by atoms with Crippen molar-refractivity contribution >= 4 is 6.08 Å². The van der Waals surface area contributed by atoms with Crippen molar-refractivity contribution in [3.63, 3.8) is 0 Å². The summed E-state index contributed by atoms with van der Waals surface area (Å²) in [5.74, 6) is -0.0358. The summed E-state index contributed by atoms with van der Waals surface area (Å²) >= 11 is 0. The lowest BCUT2D eigenvalue weighted by Crippen LogP contribution is -2.20. The van der Waals surface area contributed by atoms with Gasteiger partial charge in [0.15, 0.2) is 0 Å². The molecule has 156 valence electrons. The Kier molecular flexibility index (Phi) is 7.12. The second kappa shape index (κ2) is 9.96. The summed E-state index contributed by atoms with van der Waals surface area (Å²) in [4.78, 5) is 4.33. The Morgan fingerprint density at radius 1 is 0.900 bits per heavy atom. The molecule has 3 rings (SSSR count). The van der Waals surface area contributed by atoms with E-state index < -0.39 is 12.1 Å². The molecule has 30 heavy (non-hydrogen) atoms. The monoisotopic (exact) mass is 413 g/mol. The first-order chi connectivity index (χ1) is 14.5. The highest BCUT2D eigenvalue weighted by Gasteiger charge is 2.39. The van der Waals surface area contributed by atoms with Crippen LogP contribution in [0.4, 0.5) is 13.2 Å². The minimum absolute atomic E-state index is 0.192. The van der Waals surface area contributed by atoms with Gasteiger partial charge in [0, 0.05) is 6.07 Å². The van der Waals surface area contributed by atoms with Crippen LogP contribution in [0, 0.1) is 0 Å². The molecule has 0 fully saturated rings. The van der Waals surface area contributed by atoms with Gasteiger partial charge in [-0.2, -0.15) is 13.2 Å². The Balaban J connectivity index is 1.70. The largest absolute Gasteiger partial charge is 0.494 e. The molecule has 0 aliphatic rings. The number of halogens is 3. The molecule has 1 aromatic heterocycles. The van der Waals surface area contributed by atoms with Crippen LogP contribution in [0.15, 0.2) is 78.9 Å². The minimum atomic E-state index is -4.36. The van der Waals surface area contributed by atoms with E-state index in [1.54, 1.807) is 48.5 Å². The smallest absolute Gasteiger partial charge is 0.396 e. The molecule has 0 aliphatic carbocycles. The van der Waals surface area contributed by atoms with Crippen LogP contribution in [0.5, 0.6) is 17.4 Å². The summed E-state index contributed by atoms with van der Waals surface area (Å²) < 4.78 is 51.7. The summed E-state index contributed by atoms with van der Waals surface area (Å²) in [6.07, 6.45) is -1.49. The van der Waals surface area contributed by atoms with Crippen LogP contribution in [0.25, 0.3) is 6.08 Å². The predicted octanol–water partition coefficient (Wildman–Crippen LogP) is 7.02. The third-order valence-electron chi connectivity index (χ3n) is 4.36. The SMILES string of the molecule is CCOc1ccc(C(CC=Cc2cccc(Oc3ccccc3)n2)C(F)(F)F)cc1. The maximum absolute atomic E-state index is 13.6. The van der Waals surface area contributed by atoms with Crippen molar-refractivity contribution in [1.29, 1.82) is 0 Å². The molecular formula is C24H22F3NO2. The van der Waals surface area contributed by atoms with Gasteiger partial charge in [-0.25, -0.2) is 4.98 Å². The first-order valence-electron chi connectivity index (χ1n) is 9.61. The molecule has 2 aromatic carbocycles. The van der Waals surface area contributed by atoms with Crippen molar-refractivity contribution < 1.29 is 22.6 Å². The van der Waals surface area contributed by atoms with E-state index in [0.29, 0.717) is 29.7 Å². The Labute approximate surface area is 173 Å². The molecule has 3 nitrogen and oxygen atoms in total. The Bertz CT molecular complexity index is 954. The summed E-state index contributed by atoms with van der Waals surface area (Å²) in [7, 11) is 0. The molecule has 1 atom stereocenters. The molecule has 1 unspecified atom stereocenters. The lowest BCUT2D eigenvalue weighted by Gasteiger charge is -2.19. The van der Waals surface area contributed by atoms with Crippen molar-refractivity contribution in [2.75, 3.05) is 6.61 Å². The summed E-state index contributed by atoms with van der Waals surface area (Å²) in [5, 5.41) is 0. The lowest BCUT2D eigenvalue weighted by molar-refractivity contribution is -0.149. The first kappa shape index (κ1) is 21.4. The van der Waals surface area contributed by atoms with E-state index in [2.05, 4.69) is 4.98 Å². The van der Waals surface area contributed by atoms with Gasteiger partial charge in [0.1, 0.15) is 11.5 Å². The van der Waals surface area contributed by atoms with Crippen LogP contribution in [0.3, 0.4) is 0 Å². The quantitative estimate of drug-likeness (QED) is 0.398. The second-order valence-corrected chi connectivity index (χ2v) is 6.55. The molecule has 0 spiro atoms. The average molecular weight is 413 g/mol. The van der Waals surface area contributed by atoms with Gasteiger partial charge in [-0.1, -0.05) is 42.5 Å². The molecule has 0 bridgehead atoms. The number of ether oxygens (including phenoxy) is 2. The Morgan fingerprint density at radius 2 is 1.63 bits per heavy atom. The zero-order valence-corrected chi connectivity index (χ0v) is 16.5. The predicted molar refractivity (Wildman–Crippen MR) is 111 cm³/mol. The first-order valence-corrected chi connectivity index (χ1v) is 9.61. The van der Waals surface area contributed by atoms with Crippen LogP contribution in [0.1, 0.15) is 30.5 Å². The molecular weight excluding hydrogens is 391 g/mol. The summed E-state index contributed by atoms with van der Waals surface area (Å²) in [5.41, 5.74) is 0.723. The average Bonchev–Trinajstić information content (AvgIpc) is 2.72. The molecule has 0 aliphatic heterocycles. The summed E-state index contributed by atoms with van der Waals surface area (Å²) in [6.45, 7) is 2.29. The van der Waals surface area contributed by atoms with E-state index in [4.69, 9.17) is 9.47 Å². The number of alkyl halides is 3. The van der Waals surface area contributed by atoms with Crippen LogP contribution in [0.2, 0.25) is 0 Å². The van der Waals surface area contributed by atoms with E-state index in [0.717, 1.165) is 0 Å². The van der Waals surface area contributed by atoms with Crippen molar-refractivity contribution in [1.82, 2.24) is 4.98 Å². The van der Waals surface area contributed by atoms with E-state index in [-0.39, 0.29) is 12.0 Å². The van der Waals surface area contributed by atoms with Crippen LogP contribution in [-0.4, -0.2) is 17.8 Å². The molecule has 6 heteroatoms. The number of hydrogen-bond donors (Lipinski definition) is 0. The summed E-state index contributed by atoms with van der Waals surface area (Å²) in [6, 6.07) is 20.4. The molecule has 1 heterocycles. The molecule has 0 radical (unpaired) electrons. The number of benzene rings is 2. The third-order valence-corrected chi connectivity index (χ3v) is 4.36. The zero-order chi connectivity index (χ0) is 21.4. The van der Waals surface area contributed by atoms with Crippen LogP contribution in [-0.2, 0) is 0 Å². The van der Waals surface area contributed by atoms with Crippen molar-refractivity contribution in [2.24, 2.45) is 0 Å². The number of allylic oxidation sites excluding steroid dienone is 1. The fourth-order valence-electron chi connectivity index (χ4n) is 2.94. The Hall–Kier alpha value is -3.28. The van der Waals surface area contributed by atoms with E-state index in [9.17, 15) is 13.2 Å². The van der Waals surface area contributed by atoms with Gasteiger partial charge >= 0.3 is 6.18 Å². The van der Waals surface area contributed by atoms with Gasteiger partial charge in [0.05, 0.1) is 18.2 Å². The molecule has 0 amide bonds. The normalized spacial score (nSPS) is 12.7. The highest BCUT2D eigenvalue weighted by molar-refractivity contribution is 5.46. The van der Waals surface area contributed by atoms with Crippen molar-refractivity contribution in [2.45, 2.75) is 25.4 Å². The van der Waals surface area contributed by atoms with Gasteiger partial charge in [-0.3, -0.25) is 0 Å². The number of hydrogen-bond acceptors (Lipinski definition) is 3. The van der Waals surface area contributed by atoms with Crippen LogP contribution >= 0.6 is 0 Å². The fourth-order valence-corrected chi connectivity index (χ4v) is 2.94. The van der Waals surface area contributed by atoms with Gasteiger partial charge in [-0.05, 0) is 55.3 Å². The highest BCUT2D eigenvalue weighted by atomic mass is 19.4. The molecule has 0 saturated heterocycles. The number of rotatable bonds is 8. The number of nitrogens with zero attached hydrogens (tertiary/aromatic N) is 1. The van der Waals surface area contributed by atoms with Gasteiger partial charge in [0.2, 0.25) is 5.88 Å². The second-order valence-electron chi connectivity index (χ2n) is 6.55. The standard InChI is InChI=1S/C24H22F3NO2/c1-2-29-20-16-14-18(15-17-20)22(24(25,26)27)12-6-8-19-9-7-13-23(28-19)30-21-10-4-3-5-11-21/h3-11,13-17,22H,2,12H2,1H3. The number of pyridine rings is 1. The van der Waals surface area contributed by atoms with Crippen molar-refractivity contribution in [3.8, 4) is 17.4 Å².